The van der Waals surface area contributed by atoms with E-state index in [4.69, 9.17) is 10.7 Å². The summed E-state index contributed by atoms with van der Waals surface area (Å²) in [5, 5.41) is 1.17. The number of hydrogen-bond acceptors (Lipinski definition) is 3. The normalized spacial score (nSPS) is 26.3. The molecule has 0 saturated carbocycles. The zero-order valence-electron chi connectivity index (χ0n) is 13.2. The van der Waals surface area contributed by atoms with Gasteiger partial charge in [0.1, 0.15) is 5.82 Å². The standard InChI is InChI=1S/C18H25N3/c1-12-8-13(2)14(3)21(11-12)18-16(10-19)9-15-6-4-5-7-17(15)20-18/h4-7,9,12-14H,8,10-11,19H2,1-3H3. The molecule has 3 unspecified atom stereocenters. The summed E-state index contributed by atoms with van der Waals surface area (Å²) in [5.74, 6) is 2.48. The SMILES string of the molecule is CC1CC(C)C(C)N(c2nc3ccccc3cc2CN)C1. The fourth-order valence-electron chi connectivity index (χ4n) is 3.54. The van der Waals surface area contributed by atoms with Crippen LogP contribution in [0.25, 0.3) is 10.9 Å². The molecule has 21 heavy (non-hydrogen) atoms. The first-order valence-corrected chi connectivity index (χ1v) is 7.95. The number of nitrogens with two attached hydrogens (primary N) is 1. The molecule has 0 radical (unpaired) electrons. The number of fused-ring (bicyclic) bond motifs is 1. The Hall–Kier alpha value is -1.61. The summed E-state index contributed by atoms with van der Waals surface area (Å²) in [6.45, 7) is 8.60. The molecule has 1 aromatic heterocycles. The van der Waals surface area contributed by atoms with Gasteiger partial charge >= 0.3 is 0 Å². The second-order valence-corrected chi connectivity index (χ2v) is 6.58. The van der Waals surface area contributed by atoms with E-state index in [1.54, 1.807) is 0 Å². The lowest BCUT2D eigenvalue weighted by atomic mass is 9.85. The minimum atomic E-state index is 0.514. The molecule has 3 atom stereocenters. The van der Waals surface area contributed by atoms with Crippen molar-refractivity contribution < 1.29 is 0 Å². The predicted molar refractivity (Wildman–Crippen MR) is 89.4 cm³/mol. The van der Waals surface area contributed by atoms with Crippen molar-refractivity contribution >= 4 is 16.7 Å². The molecule has 0 amide bonds. The van der Waals surface area contributed by atoms with Gasteiger partial charge in [-0.05, 0) is 37.3 Å². The van der Waals surface area contributed by atoms with E-state index in [0.717, 1.165) is 23.4 Å². The number of benzene rings is 1. The van der Waals surface area contributed by atoms with Gasteiger partial charge in [-0.15, -0.1) is 0 Å². The third-order valence-corrected chi connectivity index (χ3v) is 4.87. The molecular weight excluding hydrogens is 258 g/mol. The lowest BCUT2D eigenvalue weighted by Crippen LogP contribution is -2.46. The van der Waals surface area contributed by atoms with Crippen molar-refractivity contribution in [2.75, 3.05) is 11.4 Å². The van der Waals surface area contributed by atoms with Crippen molar-refractivity contribution in [3.8, 4) is 0 Å². The Kier molecular flexibility index (Phi) is 3.85. The van der Waals surface area contributed by atoms with E-state index in [2.05, 4.69) is 49.9 Å². The van der Waals surface area contributed by atoms with Crippen LogP contribution in [0, 0.1) is 11.8 Å². The van der Waals surface area contributed by atoms with Crippen LogP contribution in [0.4, 0.5) is 5.82 Å². The molecule has 2 heterocycles. The average Bonchev–Trinajstić information content (AvgIpc) is 2.49. The number of aromatic nitrogens is 1. The van der Waals surface area contributed by atoms with Crippen LogP contribution in [0.5, 0.6) is 0 Å². The molecule has 1 aromatic carbocycles. The highest BCUT2D eigenvalue weighted by molar-refractivity contribution is 5.82. The topological polar surface area (TPSA) is 42.2 Å². The lowest BCUT2D eigenvalue weighted by Gasteiger charge is -2.42. The third kappa shape index (κ3) is 2.62. The Balaban J connectivity index is 2.09. The molecule has 1 aliphatic heterocycles. The molecule has 0 bridgehead atoms. The molecule has 3 rings (SSSR count). The molecule has 1 fully saturated rings. The number of rotatable bonds is 2. The van der Waals surface area contributed by atoms with Crippen LogP contribution >= 0.6 is 0 Å². The monoisotopic (exact) mass is 283 g/mol. The van der Waals surface area contributed by atoms with Crippen molar-refractivity contribution in [2.45, 2.75) is 39.8 Å². The maximum absolute atomic E-state index is 6.00. The zero-order chi connectivity index (χ0) is 15.0. The predicted octanol–water partition coefficient (Wildman–Crippen LogP) is 3.56. The Labute approximate surface area is 127 Å². The van der Waals surface area contributed by atoms with Gasteiger partial charge in [-0.1, -0.05) is 32.0 Å². The number of para-hydroxylation sites is 1. The molecule has 112 valence electrons. The summed E-state index contributed by atoms with van der Waals surface area (Å²) in [6, 6.07) is 11.0. The third-order valence-electron chi connectivity index (χ3n) is 4.87. The van der Waals surface area contributed by atoms with E-state index in [-0.39, 0.29) is 0 Å². The number of hydrogen-bond donors (Lipinski definition) is 1. The second kappa shape index (κ2) is 5.64. The Bertz CT molecular complexity index is 637. The Morgan fingerprint density at radius 3 is 2.76 bits per heavy atom. The van der Waals surface area contributed by atoms with E-state index in [0.29, 0.717) is 24.4 Å². The van der Waals surface area contributed by atoms with Crippen molar-refractivity contribution in [3.63, 3.8) is 0 Å². The minimum absolute atomic E-state index is 0.514. The van der Waals surface area contributed by atoms with Gasteiger partial charge in [-0.3, -0.25) is 0 Å². The molecular formula is C18H25N3. The molecule has 3 nitrogen and oxygen atoms in total. The molecule has 2 N–H and O–H groups in total. The minimum Gasteiger partial charge on any atom is -0.353 e. The largest absolute Gasteiger partial charge is 0.353 e. The first-order valence-electron chi connectivity index (χ1n) is 7.95. The molecule has 2 aromatic rings. The van der Waals surface area contributed by atoms with Crippen molar-refractivity contribution in [1.82, 2.24) is 4.98 Å². The molecule has 3 heteroatoms. The highest BCUT2D eigenvalue weighted by Crippen LogP contribution is 2.33. The van der Waals surface area contributed by atoms with Crippen molar-refractivity contribution in [1.29, 1.82) is 0 Å². The van der Waals surface area contributed by atoms with Crippen LogP contribution in [0.2, 0.25) is 0 Å². The second-order valence-electron chi connectivity index (χ2n) is 6.58. The molecule has 0 aliphatic carbocycles. The van der Waals surface area contributed by atoms with Crippen LogP contribution in [-0.4, -0.2) is 17.6 Å². The van der Waals surface area contributed by atoms with Crippen LogP contribution in [0.15, 0.2) is 30.3 Å². The number of nitrogens with zero attached hydrogens (tertiary/aromatic N) is 2. The number of piperidine rings is 1. The first-order chi connectivity index (χ1) is 10.1. The van der Waals surface area contributed by atoms with Crippen molar-refractivity contribution in [2.24, 2.45) is 17.6 Å². The summed E-state index contributed by atoms with van der Waals surface area (Å²) in [7, 11) is 0. The van der Waals surface area contributed by atoms with Gasteiger partial charge < -0.3 is 10.6 Å². The van der Waals surface area contributed by atoms with E-state index in [1.165, 1.54) is 11.8 Å². The highest BCUT2D eigenvalue weighted by Gasteiger charge is 2.30. The van der Waals surface area contributed by atoms with Gasteiger partial charge in [0.2, 0.25) is 0 Å². The fraction of sp³-hybridized carbons (Fsp3) is 0.500. The van der Waals surface area contributed by atoms with E-state index in [1.807, 2.05) is 6.07 Å². The van der Waals surface area contributed by atoms with Gasteiger partial charge in [-0.25, -0.2) is 4.98 Å². The first kappa shape index (κ1) is 14.3. The highest BCUT2D eigenvalue weighted by atomic mass is 15.2. The van der Waals surface area contributed by atoms with Crippen molar-refractivity contribution in [3.05, 3.63) is 35.9 Å². The maximum Gasteiger partial charge on any atom is 0.134 e. The quantitative estimate of drug-likeness (QED) is 0.916. The van der Waals surface area contributed by atoms with Gasteiger partial charge in [-0.2, -0.15) is 0 Å². The molecule has 1 saturated heterocycles. The van der Waals surface area contributed by atoms with E-state index in [9.17, 15) is 0 Å². The van der Waals surface area contributed by atoms with Crippen LogP contribution in [0.3, 0.4) is 0 Å². The Morgan fingerprint density at radius 1 is 1.24 bits per heavy atom. The molecule has 1 aliphatic rings. The summed E-state index contributed by atoms with van der Waals surface area (Å²) >= 11 is 0. The van der Waals surface area contributed by atoms with E-state index < -0.39 is 0 Å². The van der Waals surface area contributed by atoms with Crippen LogP contribution < -0.4 is 10.6 Å². The van der Waals surface area contributed by atoms with Crippen LogP contribution in [-0.2, 0) is 6.54 Å². The lowest BCUT2D eigenvalue weighted by molar-refractivity contribution is 0.295. The zero-order valence-corrected chi connectivity index (χ0v) is 13.2. The molecule has 0 spiro atoms. The average molecular weight is 283 g/mol. The van der Waals surface area contributed by atoms with Gasteiger partial charge in [0.15, 0.2) is 0 Å². The number of pyridine rings is 1. The van der Waals surface area contributed by atoms with E-state index >= 15 is 0 Å². The van der Waals surface area contributed by atoms with Gasteiger partial charge in [0, 0.05) is 30.1 Å². The summed E-state index contributed by atoms with van der Waals surface area (Å²) in [5.41, 5.74) is 8.21. The fourth-order valence-corrected chi connectivity index (χ4v) is 3.54. The smallest absolute Gasteiger partial charge is 0.134 e. The van der Waals surface area contributed by atoms with Gasteiger partial charge in [0.05, 0.1) is 5.52 Å². The summed E-state index contributed by atoms with van der Waals surface area (Å²) < 4.78 is 0. The number of anilines is 1. The summed E-state index contributed by atoms with van der Waals surface area (Å²) in [6.07, 6.45) is 1.29. The van der Waals surface area contributed by atoms with Gasteiger partial charge in [0.25, 0.3) is 0 Å². The van der Waals surface area contributed by atoms with Crippen LogP contribution in [0.1, 0.15) is 32.8 Å². The summed E-state index contributed by atoms with van der Waals surface area (Å²) in [4.78, 5) is 7.40. The Morgan fingerprint density at radius 2 is 2.00 bits per heavy atom. The maximum atomic E-state index is 6.00.